The number of methoxy groups -OCH3 is 2. The van der Waals surface area contributed by atoms with Gasteiger partial charge in [-0.25, -0.2) is 0 Å². The summed E-state index contributed by atoms with van der Waals surface area (Å²) in [5.74, 6) is -3.65. The maximum atomic E-state index is 12.3. The van der Waals surface area contributed by atoms with E-state index in [0.717, 1.165) is 20.3 Å². The fourth-order valence-corrected chi connectivity index (χ4v) is 1.36. The van der Waals surface area contributed by atoms with E-state index in [0.29, 0.717) is 0 Å². The molecule has 0 radical (unpaired) electrons. The molecule has 1 aromatic rings. The minimum Gasteiger partial charge on any atom is -0.469 e. The zero-order valence-corrected chi connectivity index (χ0v) is 10.8. The summed E-state index contributed by atoms with van der Waals surface area (Å²) in [5, 5.41) is 10.8. The molecule has 0 N–H and O–H groups in total. The van der Waals surface area contributed by atoms with Gasteiger partial charge in [-0.05, 0) is 4.92 Å². The molecule has 1 rings (SSSR count). The van der Waals surface area contributed by atoms with Gasteiger partial charge in [0.1, 0.15) is 0 Å². The number of halogens is 3. The molecular formula is C10H9F3N2O6. The number of carbonyl (C=O) groups excluding carboxylic acids is 1. The van der Waals surface area contributed by atoms with Crippen LogP contribution in [0.4, 0.5) is 19.0 Å². The van der Waals surface area contributed by atoms with Crippen molar-refractivity contribution in [2.24, 2.45) is 0 Å². The van der Waals surface area contributed by atoms with Crippen LogP contribution in [-0.2, 0) is 16.0 Å². The Bertz CT molecular complexity index is 560. The summed E-state index contributed by atoms with van der Waals surface area (Å²) >= 11 is 0. The van der Waals surface area contributed by atoms with Crippen molar-refractivity contribution >= 4 is 11.8 Å². The molecule has 21 heavy (non-hydrogen) atoms. The number of nitrogens with zero attached hydrogens (tertiary/aromatic N) is 2. The quantitative estimate of drug-likeness (QED) is 0.462. The normalized spacial score (nSPS) is 10.9. The fraction of sp³-hybridized carbons (Fsp3) is 0.400. The van der Waals surface area contributed by atoms with Gasteiger partial charge in [-0.15, -0.1) is 13.2 Å². The van der Waals surface area contributed by atoms with Crippen molar-refractivity contribution in [3.8, 4) is 11.6 Å². The summed E-state index contributed by atoms with van der Waals surface area (Å²) in [6.45, 7) is 0. The highest BCUT2D eigenvalue weighted by Gasteiger charge is 2.38. The lowest BCUT2D eigenvalue weighted by Gasteiger charge is -2.12. The lowest BCUT2D eigenvalue weighted by Crippen LogP contribution is -2.20. The molecule has 0 aliphatic heterocycles. The second-order valence-electron chi connectivity index (χ2n) is 3.53. The van der Waals surface area contributed by atoms with Crippen LogP contribution in [-0.4, -0.2) is 36.5 Å². The number of rotatable bonds is 5. The summed E-state index contributed by atoms with van der Waals surface area (Å²) in [6, 6.07) is 0.922. The van der Waals surface area contributed by atoms with Crippen LogP contribution < -0.4 is 9.47 Å². The van der Waals surface area contributed by atoms with Crippen LogP contribution in [0.15, 0.2) is 6.07 Å². The highest BCUT2D eigenvalue weighted by atomic mass is 19.4. The first-order valence-corrected chi connectivity index (χ1v) is 5.22. The maximum absolute atomic E-state index is 12.3. The van der Waals surface area contributed by atoms with Gasteiger partial charge >= 0.3 is 24.0 Å². The Labute approximate surface area is 115 Å². The average Bonchev–Trinajstić information content (AvgIpc) is 2.38. The van der Waals surface area contributed by atoms with Crippen molar-refractivity contribution in [1.29, 1.82) is 0 Å². The van der Waals surface area contributed by atoms with Crippen LogP contribution in [0.2, 0.25) is 0 Å². The van der Waals surface area contributed by atoms with Gasteiger partial charge in [-0.2, -0.15) is 0 Å². The predicted octanol–water partition coefficient (Wildman–Crippen LogP) is 1.61. The molecule has 0 saturated carbocycles. The summed E-state index contributed by atoms with van der Waals surface area (Å²) in [4.78, 5) is 24.1. The minimum atomic E-state index is -5.19. The molecule has 0 aliphatic rings. The van der Waals surface area contributed by atoms with Crippen molar-refractivity contribution < 1.29 is 37.1 Å². The molecule has 0 atom stereocenters. The monoisotopic (exact) mass is 310 g/mol. The van der Waals surface area contributed by atoms with E-state index in [1.165, 1.54) is 0 Å². The first kappa shape index (κ1) is 16.5. The Morgan fingerprint density at radius 1 is 1.43 bits per heavy atom. The van der Waals surface area contributed by atoms with Gasteiger partial charge in [-0.1, -0.05) is 0 Å². The van der Waals surface area contributed by atoms with Crippen LogP contribution in [0.3, 0.4) is 0 Å². The first-order valence-electron chi connectivity index (χ1n) is 5.22. The summed E-state index contributed by atoms with van der Waals surface area (Å²) in [7, 11) is 2.12. The third-order valence-electron chi connectivity index (χ3n) is 2.17. The van der Waals surface area contributed by atoms with Gasteiger partial charge in [-0.3, -0.25) is 4.79 Å². The summed E-state index contributed by atoms with van der Waals surface area (Å²) in [5.41, 5.74) is -0.433. The zero-order chi connectivity index (χ0) is 16.2. The standard InChI is InChI=1S/C10H9F3N2O6/c1-19-6-3-5(4-7(16)20-2)8(21-10(11,12)13)9(14-6)15(17)18/h3H,4H2,1-2H3. The van der Waals surface area contributed by atoms with E-state index in [2.05, 4.69) is 19.2 Å². The molecule has 8 nitrogen and oxygen atoms in total. The summed E-state index contributed by atoms with van der Waals surface area (Å²) < 4.78 is 49.6. The van der Waals surface area contributed by atoms with Crippen LogP contribution in [0.25, 0.3) is 0 Å². The topological polar surface area (TPSA) is 101 Å². The number of hydrogen-bond acceptors (Lipinski definition) is 7. The van der Waals surface area contributed by atoms with E-state index in [9.17, 15) is 28.1 Å². The number of carbonyl (C=O) groups is 1. The number of nitro groups is 1. The number of alkyl halides is 3. The lowest BCUT2D eigenvalue weighted by atomic mass is 10.1. The Hall–Kier alpha value is -2.59. The second-order valence-corrected chi connectivity index (χ2v) is 3.53. The van der Waals surface area contributed by atoms with Crippen LogP contribution in [0.1, 0.15) is 5.56 Å². The first-order chi connectivity index (χ1) is 9.67. The number of ether oxygens (including phenoxy) is 3. The van der Waals surface area contributed by atoms with E-state index >= 15 is 0 Å². The Kier molecular flexibility index (Phi) is 4.89. The van der Waals surface area contributed by atoms with Crippen LogP contribution in [0, 0.1) is 10.1 Å². The molecule has 1 heterocycles. The Morgan fingerprint density at radius 3 is 2.48 bits per heavy atom. The Balaban J connectivity index is 3.44. The van der Waals surface area contributed by atoms with E-state index in [4.69, 9.17) is 0 Å². The van der Waals surface area contributed by atoms with Crippen molar-refractivity contribution in [3.63, 3.8) is 0 Å². The average molecular weight is 310 g/mol. The number of pyridine rings is 1. The predicted molar refractivity (Wildman–Crippen MR) is 59.8 cm³/mol. The van der Waals surface area contributed by atoms with E-state index in [-0.39, 0.29) is 5.88 Å². The number of aromatic nitrogens is 1. The van der Waals surface area contributed by atoms with E-state index in [1.807, 2.05) is 0 Å². The molecule has 0 amide bonds. The van der Waals surface area contributed by atoms with E-state index in [1.54, 1.807) is 0 Å². The number of esters is 1. The van der Waals surface area contributed by atoms with E-state index < -0.39 is 40.8 Å². The lowest BCUT2D eigenvalue weighted by molar-refractivity contribution is -0.393. The third kappa shape index (κ3) is 4.47. The van der Waals surface area contributed by atoms with Crippen LogP contribution in [0.5, 0.6) is 11.6 Å². The molecule has 1 aromatic heterocycles. The van der Waals surface area contributed by atoms with Gasteiger partial charge in [0.15, 0.2) is 0 Å². The molecule has 116 valence electrons. The van der Waals surface area contributed by atoms with Crippen molar-refractivity contribution in [3.05, 3.63) is 21.7 Å². The largest absolute Gasteiger partial charge is 0.573 e. The number of hydrogen-bond donors (Lipinski definition) is 0. The summed E-state index contributed by atoms with van der Waals surface area (Å²) in [6.07, 6.45) is -5.87. The molecule has 0 fully saturated rings. The molecule has 11 heteroatoms. The smallest absolute Gasteiger partial charge is 0.469 e. The second kappa shape index (κ2) is 6.24. The Morgan fingerprint density at radius 2 is 2.05 bits per heavy atom. The maximum Gasteiger partial charge on any atom is 0.573 e. The molecule has 0 spiro atoms. The molecule has 0 aliphatic carbocycles. The van der Waals surface area contributed by atoms with Crippen molar-refractivity contribution in [2.75, 3.05) is 14.2 Å². The molecular weight excluding hydrogens is 301 g/mol. The minimum absolute atomic E-state index is 0.338. The van der Waals surface area contributed by atoms with Gasteiger partial charge in [0, 0.05) is 16.6 Å². The van der Waals surface area contributed by atoms with Crippen LogP contribution >= 0.6 is 0 Å². The van der Waals surface area contributed by atoms with Crippen molar-refractivity contribution in [2.45, 2.75) is 12.8 Å². The highest BCUT2D eigenvalue weighted by molar-refractivity contribution is 5.74. The molecule has 0 unspecified atom stereocenters. The SMILES string of the molecule is COC(=O)Cc1cc(OC)nc([N+](=O)[O-])c1OC(F)(F)F. The van der Waals surface area contributed by atoms with Gasteiger partial charge < -0.3 is 24.3 Å². The van der Waals surface area contributed by atoms with Gasteiger partial charge in [0.05, 0.1) is 20.6 Å². The molecule has 0 saturated heterocycles. The third-order valence-corrected chi connectivity index (χ3v) is 2.17. The van der Waals surface area contributed by atoms with Gasteiger partial charge in [0.2, 0.25) is 5.75 Å². The zero-order valence-electron chi connectivity index (χ0n) is 10.8. The molecule has 0 bridgehead atoms. The van der Waals surface area contributed by atoms with Crippen molar-refractivity contribution in [1.82, 2.24) is 4.98 Å². The van der Waals surface area contributed by atoms with Gasteiger partial charge in [0.25, 0.3) is 0 Å². The fourth-order valence-electron chi connectivity index (χ4n) is 1.36. The highest BCUT2D eigenvalue weighted by Crippen LogP contribution is 2.36. The molecule has 0 aromatic carbocycles.